The molecule has 2 heterocycles. The molecule has 4 aromatic rings. The highest BCUT2D eigenvalue weighted by Gasteiger charge is 2.19. The average Bonchev–Trinajstić information content (AvgIpc) is 3.04. The van der Waals surface area contributed by atoms with Crippen molar-refractivity contribution in [3.63, 3.8) is 0 Å². The van der Waals surface area contributed by atoms with Gasteiger partial charge in [-0.2, -0.15) is 0 Å². The monoisotopic (exact) mass is 458 g/mol. The third kappa shape index (κ3) is 4.04. The maximum atomic E-state index is 14.1. The van der Waals surface area contributed by atoms with Crippen LogP contribution in [0.1, 0.15) is 29.3 Å². The highest BCUT2D eigenvalue weighted by Crippen LogP contribution is 2.32. The Labute approximate surface area is 187 Å². The Kier molecular flexibility index (Phi) is 6.27. The second kappa shape index (κ2) is 8.92. The van der Waals surface area contributed by atoms with Crippen LogP contribution >= 0.6 is 34.7 Å². The maximum absolute atomic E-state index is 14.1. The number of benzene rings is 2. The molecular weight excluding hydrogens is 439 g/mol. The van der Waals surface area contributed by atoms with Crippen LogP contribution in [0.4, 0.5) is 4.39 Å². The molecule has 0 atom stereocenters. The van der Waals surface area contributed by atoms with Crippen molar-refractivity contribution in [1.82, 2.24) is 9.55 Å². The van der Waals surface area contributed by atoms with E-state index in [0.29, 0.717) is 32.6 Å². The van der Waals surface area contributed by atoms with Gasteiger partial charge in [-0.3, -0.25) is 9.36 Å². The molecule has 0 unspecified atom stereocenters. The molecule has 0 N–H and O–H groups in total. The Balaban J connectivity index is 1.88. The Morgan fingerprint density at radius 3 is 2.60 bits per heavy atom. The standard InChI is InChI=1S/C23H20ClFN2OS2/c1-3-6-19-14(2)20-21(30-19)26-23(29-13-15-7-4-5-8-18(15)25)27(22(20)28)17-11-9-16(24)10-12-17/h4-5,7-12H,3,6,13H2,1-2H3. The molecule has 0 fully saturated rings. The summed E-state index contributed by atoms with van der Waals surface area (Å²) in [6.45, 7) is 4.12. The summed E-state index contributed by atoms with van der Waals surface area (Å²) in [4.78, 5) is 20.3. The Bertz CT molecular complexity index is 1260. The number of thiophene rings is 1. The molecule has 0 aliphatic carbocycles. The van der Waals surface area contributed by atoms with Crippen LogP contribution in [0.3, 0.4) is 0 Å². The van der Waals surface area contributed by atoms with Gasteiger partial charge in [-0.05, 0) is 54.8 Å². The number of aromatic nitrogens is 2. The number of fused-ring (bicyclic) bond motifs is 1. The molecule has 30 heavy (non-hydrogen) atoms. The summed E-state index contributed by atoms with van der Waals surface area (Å²) in [6.07, 6.45) is 1.93. The number of nitrogens with zero attached hydrogens (tertiary/aromatic N) is 2. The van der Waals surface area contributed by atoms with Gasteiger partial charge in [0.05, 0.1) is 11.1 Å². The van der Waals surface area contributed by atoms with Gasteiger partial charge in [0.1, 0.15) is 10.6 Å². The molecule has 0 bridgehead atoms. The van der Waals surface area contributed by atoms with Gasteiger partial charge in [-0.15, -0.1) is 11.3 Å². The molecule has 0 aliphatic heterocycles. The molecule has 0 radical (unpaired) electrons. The van der Waals surface area contributed by atoms with E-state index in [1.54, 1.807) is 52.3 Å². The van der Waals surface area contributed by atoms with Crippen molar-refractivity contribution < 1.29 is 4.39 Å². The fourth-order valence-electron chi connectivity index (χ4n) is 3.35. The molecule has 154 valence electrons. The summed E-state index contributed by atoms with van der Waals surface area (Å²) >= 11 is 8.98. The largest absolute Gasteiger partial charge is 0.268 e. The second-order valence-electron chi connectivity index (χ2n) is 6.97. The molecule has 4 rings (SSSR count). The van der Waals surface area contributed by atoms with Crippen molar-refractivity contribution in [3.05, 3.63) is 85.7 Å². The lowest BCUT2D eigenvalue weighted by molar-refractivity contribution is 0.617. The van der Waals surface area contributed by atoms with E-state index >= 15 is 0 Å². The van der Waals surface area contributed by atoms with Crippen LogP contribution in [-0.2, 0) is 12.2 Å². The number of hydrogen-bond acceptors (Lipinski definition) is 4. The Hall–Kier alpha value is -2.15. The number of rotatable bonds is 6. The number of hydrogen-bond donors (Lipinski definition) is 0. The lowest BCUT2D eigenvalue weighted by Crippen LogP contribution is -2.21. The first-order valence-corrected chi connectivity index (χ1v) is 11.8. The first kappa shape index (κ1) is 21.1. The van der Waals surface area contributed by atoms with Crippen LogP contribution in [0.15, 0.2) is 58.5 Å². The predicted octanol–water partition coefficient (Wildman–Crippen LogP) is 6.79. The zero-order chi connectivity index (χ0) is 21.3. The summed E-state index contributed by atoms with van der Waals surface area (Å²) < 4.78 is 15.7. The molecule has 2 aromatic carbocycles. The minimum atomic E-state index is -0.260. The van der Waals surface area contributed by atoms with E-state index in [-0.39, 0.29) is 11.4 Å². The third-order valence-corrected chi connectivity index (χ3v) is 7.39. The van der Waals surface area contributed by atoms with Crippen LogP contribution in [-0.4, -0.2) is 9.55 Å². The number of aryl methyl sites for hydroxylation is 2. The van der Waals surface area contributed by atoms with Crippen molar-refractivity contribution >= 4 is 44.9 Å². The van der Waals surface area contributed by atoms with Gasteiger partial charge in [0, 0.05) is 15.7 Å². The first-order valence-electron chi connectivity index (χ1n) is 9.66. The van der Waals surface area contributed by atoms with Gasteiger partial charge in [0.2, 0.25) is 0 Å². The summed E-state index contributed by atoms with van der Waals surface area (Å²) in [5.41, 5.74) is 2.17. The Morgan fingerprint density at radius 2 is 1.90 bits per heavy atom. The molecule has 0 saturated heterocycles. The minimum Gasteiger partial charge on any atom is -0.268 e. The predicted molar refractivity (Wildman–Crippen MR) is 125 cm³/mol. The van der Waals surface area contributed by atoms with Crippen LogP contribution < -0.4 is 5.56 Å². The molecule has 0 spiro atoms. The van der Waals surface area contributed by atoms with E-state index in [4.69, 9.17) is 16.6 Å². The Morgan fingerprint density at radius 1 is 1.17 bits per heavy atom. The lowest BCUT2D eigenvalue weighted by Gasteiger charge is -2.12. The van der Waals surface area contributed by atoms with Crippen molar-refractivity contribution in [3.8, 4) is 5.69 Å². The third-order valence-electron chi connectivity index (χ3n) is 4.91. The van der Waals surface area contributed by atoms with Crippen LogP contribution in [0, 0.1) is 12.7 Å². The van der Waals surface area contributed by atoms with Crippen LogP contribution in [0.25, 0.3) is 15.9 Å². The number of halogens is 2. The van der Waals surface area contributed by atoms with Crippen molar-refractivity contribution in [2.75, 3.05) is 0 Å². The van der Waals surface area contributed by atoms with Crippen LogP contribution in [0.2, 0.25) is 5.02 Å². The maximum Gasteiger partial charge on any atom is 0.267 e. The normalized spacial score (nSPS) is 11.3. The molecule has 3 nitrogen and oxygen atoms in total. The molecule has 0 saturated carbocycles. The van der Waals surface area contributed by atoms with E-state index in [9.17, 15) is 9.18 Å². The van der Waals surface area contributed by atoms with E-state index in [1.807, 2.05) is 13.0 Å². The van der Waals surface area contributed by atoms with Gasteiger partial charge < -0.3 is 0 Å². The summed E-state index contributed by atoms with van der Waals surface area (Å²) in [5, 5.41) is 1.80. The molecule has 0 aliphatic rings. The average molecular weight is 459 g/mol. The topological polar surface area (TPSA) is 34.9 Å². The van der Waals surface area contributed by atoms with Crippen LogP contribution in [0.5, 0.6) is 0 Å². The lowest BCUT2D eigenvalue weighted by atomic mass is 10.1. The van der Waals surface area contributed by atoms with Gasteiger partial charge in [-0.1, -0.05) is 54.9 Å². The highest BCUT2D eigenvalue weighted by molar-refractivity contribution is 7.98. The quantitative estimate of drug-likeness (QED) is 0.235. The van der Waals surface area contributed by atoms with Gasteiger partial charge in [0.15, 0.2) is 5.16 Å². The fourth-order valence-corrected chi connectivity index (χ4v) is 5.79. The summed E-state index contributed by atoms with van der Waals surface area (Å²) in [5.74, 6) is 0.119. The molecular formula is C23H20ClFN2OS2. The number of thioether (sulfide) groups is 1. The summed E-state index contributed by atoms with van der Waals surface area (Å²) in [6, 6.07) is 13.8. The molecule has 2 aromatic heterocycles. The van der Waals surface area contributed by atoms with Gasteiger partial charge in [-0.25, -0.2) is 9.37 Å². The van der Waals surface area contributed by atoms with E-state index in [0.717, 1.165) is 23.2 Å². The fraction of sp³-hybridized carbons (Fsp3) is 0.217. The van der Waals surface area contributed by atoms with E-state index < -0.39 is 0 Å². The first-order chi connectivity index (χ1) is 14.5. The molecule has 0 amide bonds. The van der Waals surface area contributed by atoms with Gasteiger partial charge in [0.25, 0.3) is 5.56 Å². The second-order valence-corrected chi connectivity index (χ2v) is 9.43. The van der Waals surface area contributed by atoms with E-state index in [1.165, 1.54) is 22.7 Å². The smallest absolute Gasteiger partial charge is 0.267 e. The molecule has 7 heteroatoms. The zero-order valence-electron chi connectivity index (χ0n) is 16.6. The highest BCUT2D eigenvalue weighted by atomic mass is 35.5. The van der Waals surface area contributed by atoms with E-state index in [2.05, 4.69) is 6.92 Å². The minimum absolute atomic E-state index is 0.102. The summed E-state index contributed by atoms with van der Waals surface area (Å²) in [7, 11) is 0. The van der Waals surface area contributed by atoms with Gasteiger partial charge >= 0.3 is 0 Å². The van der Waals surface area contributed by atoms with Crippen molar-refractivity contribution in [2.45, 2.75) is 37.6 Å². The SMILES string of the molecule is CCCc1sc2nc(SCc3ccccc3F)n(-c3ccc(Cl)cc3)c(=O)c2c1C. The van der Waals surface area contributed by atoms with Crippen molar-refractivity contribution in [1.29, 1.82) is 0 Å². The van der Waals surface area contributed by atoms with Crippen molar-refractivity contribution in [2.24, 2.45) is 0 Å². The zero-order valence-corrected chi connectivity index (χ0v) is 19.0.